The van der Waals surface area contributed by atoms with Gasteiger partial charge < -0.3 is 10.6 Å². The first kappa shape index (κ1) is 27.2. The Bertz CT molecular complexity index is 2230. The molecular formula is C45H32N2. The molecule has 9 rings (SSSR count). The van der Waals surface area contributed by atoms with Crippen LogP contribution >= 0.6 is 0 Å². The quantitative estimate of drug-likeness (QED) is 0.198. The van der Waals surface area contributed by atoms with Crippen LogP contribution < -0.4 is 10.6 Å². The maximum absolute atomic E-state index is 3.64. The van der Waals surface area contributed by atoms with Crippen molar-refractivity contribution in [2.75, 3.05) is 10.6 Å². The molecule has 2 heteroatoms. The van der Waals surface area contributed by atoms with Gasteiger partial charge in [-0.1, -0.05) is 133 Å². The molecule has 0 saturated heterocycles. The third-order valence-electron chi connectivity index (χ3n) is 9.66. The smallest absolute Gasteiger partial charge is 0.0713 e. The minimum absolute atomic E-state index is 0.448. The summed E-state index contributed by atoms with van der Waals surface area (Å²) in [5.74, 6) is 0. The molecule has 0 amide bonds. The minimum atomic E-state index is -0.448. The summed E-state index contributed by atoms with van der Waals surface area (Å²) in [7, 11) is 0. The molecule has 0 spiro atoms. The van der Waals surface area contributed by atoms with Gasteiger partial charge in [0.25, 0.3) is 0 Å². The summed E-state index contributed by atoms with van der Waals surface area (Å²) in [6.07, 6.45) is 0. The maximum Gasteiger partial charge on any atom is 0.0713 e. The SMILES string of the molecule is c1ccc2c(c1)-c1ccccc1C2(c1ccc(Nc2ccc3ccccc3c2)cc1)c1ccc(Nc2ccc3ccccc3c2)cc1. The molecule has 8 aromatic carbocycles. The third-order valence-corrected chi connectivity index (χ3v) is 9.66. The van der Waals surface area contributed by atoms with E-state index < -0.39 is 5.41 Å². The van der Waals surface area contributed by atoms with Crippen molar-refractivity contribution in [3.8, 4) is 11.1 Å². The summed E-state index contributed by atoms with van der Waals surface area (Å²) in [4.78, 5) is 0. The average molecular weight is 601 g/mol. The highest BCUT2D eigenvalue weighted by Gasteiger charge is 2.45. The van der Waals surface area contributed by atoms with E-state index in [4.69, 9.17) is 0 Å². The Hall–Kier alpha value is -6.12. The molecule has 0 heterocycles. The first-order valence-corrected chi connectivity index (χ1v) is 16.2. The molecule has 1 aliphatic carbocycles. The highest BCUT2D eigenvalue weighted by Crippen LogP contribution is 2.56. The first-order valence-electron chi connectivity index (χ1n) is 16.2. The predicted octanol–water partition coefficient (Wildman–Crippen LogP) is 11.8. The van der Waals surface area contributed by atoms with Crippen molar-refractivity contribution in [3.63, 3.8) is 0 Å². The zero-order valence-electron chi connectivity index (χ0n) is 25.8. The van der Waals surface area contributed by atoms with E-state index >= 15 is 0 Å². The third kappa shape index (κ3) is 4.57. The number of nitrogens with one attached hydrogen (secondary N) is 2. The molecule has 47 heavy (non-hydrogen) atoms. The summed E-state index contributed by atoms with van der Waals surface area (Å²) in [6.45, 7) is 0. The molecule has 0 saturated carbocycles. The van der Waals surface area contributed by atoms with Crippen molar-refractivity contribution in [3.05, 3.63) is 204 Å². The molecular weight excluding hydrogens is 569 g/mol. The number of rotatable bonds is 6. The van der Waals surface area contributed by atoms with Gasteiger partial charge in [0.15, 0.2) is 0 Å². The van der Waals surface area contributed by atoms with E-state index in [9.17, 15) is 0 Å². The Morgan fingerprint density at radius 3 is 1.11 bits per heavy atom. The van der Waals surface area contributed by atoms with E-state index in [0.29, 0.717) is 0 Å². The Labute approximate surface area is 275 Å². The number of benzene rings is 8. The molecule has 1 aliphatic rings. The molecule has 2 nitrogen and oxygen atoms in total. The molecule has 0 atom stereocenters. The molecule has 0 unspecified atom stereocenters. The molecule has 8 aromatic rings. The van der Waals surface area contributed by atoms with Crippen molar-refractivity contribution in [1.29, 1.82) is 0 Å². The van der Waals surface area contributed by atoms with E-state index in [0.717, 1.165) is 22.7 Å². The van der Waals surface area contributed by atoms with Crippen LogP contribution in [0.1, 0.15) is 22.3 Å². The highest BCUT2D eigenvalue weighted by molar-refractivity contribution is 5.89. The fourth-order valence-electron chi connectivity index (χ4n) is 7.50. The van der Waals surface area contributed by atoms with E-state index in [1.54, 1.807) is 0 Å². The zero-order chi connectivity index (χ0) is 31.2. The summed E-state index contributed by atoms with van der Waals surface area (Å²) in [5.41, 5.74) is 11.5. The molecule has 0 radical (unpaired) electrons. The Morgan fingerprint density at radius 1 is 0.298 bits per heavy atom. The Kier molecular flexibility index (Phi) is 6.39. The summed E-state index contributed by atoms with van der Waals surface area (Å²) < 4.78 is 0. The largest absolute Gasteiger partial charge is 0.356 e. The molecule has 0 fully saturated rings. The molecule has 222 valence electrons. The lowest BCUT2D eigenvalue weighted by Crippen LogP contribution is -2.28. The van der Waals surface area contributed by atoms with Crippen molar-refractivity contribution >= 4 is 44.3 Å². The van der Waals surface area contributed by atoms with Gasteiger partial charge in [-0.25, -0.2) is 0 Å². The van der Waals surface area contributed by atoms with Crippen LogP contribution in [0, 0.1) is 0 Å². The van der Waals surface area contributed by atoms with Crippen molar-refractivity contribution in [2.24, 2.45) is 0 Å². The monoisotopic (exact) mass is 600 g/mol. The normalized spacial score (nSPS) is 12.9. The average Bonchev–Trinajstić information content (AvgIpc) is 3.43. The molecule has 2 N–H and O–H groups in total. The van der Waals surface area contributed by atoms with Gasteiger partial charge in [-0.15, -0.1) is 0 Å². The van der Waals surface area contributed by atoms with Crippen LogP contribution in [0.4, 0.5) is 22.7 Å². The fourth-order valence-corrected chi connectivity index (χ4v) is 7.50. The van der Waals surface area contributed by atoms with Crippen molar-refractivity contribution in [2.45, 2.75) is 5.41 Å². The van der Waals surface area contributed by atoms with Gasteiger partial charge in [0.1, 0.15) is 0 Å². The summed E-state index contributed by atoms with van der Waals surface area (Å²) in [6, 6.07) is 65.8. The molecule has 0 bridgehead atoms. The Balaban J connectivity index is 1.12. The van der Waals surface area contributed by atoms with Gasteiger partial charge in [0.05, 0.1) is 5.41 Å². The van der Waals surface area contributed by atoms with Gasteiger partial charge in [-0.3, -0.25) is 0 Å². The van der Waals surface area contributed by atoms with Crippen LogP contribution in [0.5, 0.6) is 0 Å². The number of hydrogen-bond donors (Lipinski definition) is 2. The molecule has 0 aliphatic heterocycles. The van der Waals surface area contributed by atoms with Crippen LogP contribution in [0.25, 0.3) is 32.7 Å². The second kappa shape index (κ2) is 11.0. The topological polar surface area (TPSA) is 24.1 Å². The predicted molar refractivity (Wildman–Crippen MR) is 198 cm³/mol. The van der Waals surface area contributed by atoms with Crippen LogP contribution in [0.2, 0.25) is 0 Å². The Morgan fingerprint density at radius 2 is 0.660 bits per heavy atom. The van der Waals surface area contributed by atoms with Crippen molar-refractivity contribution in [1.82, 2.24) is 0 Å². The number of hydrogen-bond acceptors (Lipinski definition) is 2. The van der Waals surface area contributed by atoms with Gasteiger partial charge >= 0.3 is 0 Å². The number of fused-ring (bicyclic) bond motifs is 5. The minimum Gasteiger partial charge on any atom is -0.356 e. The first-order chi connectivity index (χ1) is 23.3. The van der Waals surface area contributed by atoms with E-state index in [1.807, 2.05) is 0 Å². The lowest BCUT2D eigenvalue weighted by Gasteiger charge is -2.34. The van der Waals surface area contributed by atoms with Crippen LogP contribution in [-0.2, 0) is 5.41 Å². The summed E-state index contributed by atoms with van der Waals surface area (Å²) in [5, 5.41) is 12.2. The highest BCUT2D eigenvalue weighted by atomic mass is 14.9. The van der Waals surface area contributed by atoms with Crippen LogP contribution in [-0.4, -0.2) is 0 Å². The standard InChI is InChI=1S/C45H32N2/c1-3-11-33-29-39(23-17-31(33)9-1)46-37-25-19-35(20-26-37)45(43-15-7-5-13-41(43)42-14-6-8-16-44(42)45)36-21-27-38(28-22-36)47-40-24-18-32-10-2-4-12-34(32)30-40/h1-30,46-47H. The second-order valence-corrected chi connectivity index (χ2v) is 12.4. The summed E-state index contributed by atoms with van der Waals surface area (Å²) >= 11 is 0. The fraction of sp³-hybridized carbons (Fsp3) is 0.0222. The van der Waals surface area contributed by atoms with Gasteiger partial charge in [-0.05, 0) is 103 Å². The van der Waals surface area contributed by atoms with Gasteiger partial charge in [0, 0.05) is 22.7 Å². The number of anilines is 4. The lowest BCUT2D eigenvalue weighted by molar-refractivity contribution is 0.769. The van der Waals surface area contributed by atoms with Crippen molar-refractivity contribution < 1.29 is 0 Å². The second-order valence-electron chi connectivity index (χ2n) is 12.4. The zero-order valence-corrected chi connectivity index (χ0v) is 25.8. The lowest BCUT2D eigenvalue weighted by atomic mass is 9.67. The van der Waals surface area contributed by atoms with Gasteiger partial charge in [0.2, 0.25) is 0 Å². The van der Waals surface area contributed by atoms with Crippen LogP contribution in [0.15, 0.2) is 182 Å². The maximum atomic E-state index is 3.64. The molecule has 0 aromatic heterocycles. The van der Waals surface area contributed by atoms with E-state index in [-0.39, 0.29) is 0 Å². The van der Waals surface area contributed by atoms with Crippen LogP contribution in [0.3, 0.4) is 0 Å². The van der Waals surface area contributed by atoms with E-state index in [1.165, 1.54) is 54.9 Å². The van der Waals surface area contributed by atoms with Gasteiger partial charge in [-0.2, -0.15) is 0 Å². The van der Waals surface area contributed by atoms with E-state index in [2.05, 4.69) is 193 Å².